The van der Waals surface area contributed by atoms with Gasteiger partial charge in [0.15, 0.2) is 11.5 Å². The second-order valence-electron chi connectivity index (χ2n) is 9.07. The first-order valence-electron chi connectivity index (χ1n) is 12.9. The minimum Gasteiger partial charge on any atom is -0.494 e. The number of para-hydroxylation sites is 1. The molecular formula is C28H36N4O5. The maximum Gasteiger partial charge on any atom is 0.241 e. The van der Waals surface area contributed by atoms with Crippen LogP contribution in [0.1, 0.15) is 37.6 Å². The summed E-state index contributed by atoms with van der Waals surface area (Å²) < 4.78 is 21.8. The number of nitrogens with zero attached hydrogens (tertiary/aromatic N) is 3. The largest absolute Gasteiger partial charge is 0.494 e. The van der Waals surface area contributed by atoms with Crippen molar-refractivity contribution in [3.63, 3.8) is 0 Å². The van der Waals surface area contributed by atoms with Crippen molar-refractivity contribution in [1.82, 2.24) is 20.4 Å². The normalized spacial score (nSPS) is 14.4. The summed E-state index contributed by atoms with van der Waals surface area (Å²) in [4.78, 5) is 19.5. The molecule has 0 radical (unpaired) electrons. The molecule has 9 heteroatoms. The summed E-state index contributed by atoms with van der Waals surface area (Å²) >= 11 is 0. The Morgan fingerprint density at radius 3 is 2.62 bits per heavy atom. The van der Waals surface area contributed by atoms with Gasteiger partial charge in [0.05, 0.1) is 27.4 Å². The fourth-order valence-electron chi connectivity index (χ4n) is 4.60. The molecule has 0 atom stereocenters. The van der Waals surface area contributed by atoms with Gasteiger partial charge in [0.2, 0.25) is 17.6 Å². The van der Waals surface area contributed by atoms with Crippen LogP contribution >= 0.6 is 0 Å². The van der Waals surface area contributed by atoms with E-state index >= 15 is 0 Å². The van der Waals surface area contributed by atoms with Crippen molar-refractivity contribution in [3.8, 4) is 28.6 Å². The average Bonchev–Trinajstić information content (AvgIpc) is 3.40. The first-order valence-corrected chi connectivity index (χ1v) is 12.9. The number of benzene rings is 2. The lowest BCUT2D eigenvalue weighted by Gasteiger charge is -2.30. The van der Waals surface area contributed by atoms with Crippen molar-refractivity contribution in [2.45, 2.75) is 39.2 Å². The molecule has 1 aliphatic rings. The predicted octanol–water partition coefficient (Wildman–Crippen LogP) is 4.11. The topological polar surface area (TPSA) is 99.0 Å². The number of piperidine rings is 1. The smallest absolute Gasteiger partial charge is 0.241 e. The lowest BCUT2D eigenvalue weighted by atomic mass is 9.96. The van der Waals surface area contributed by atoms with Crippen molar-refractivity contribution in [2.75, 3.05) is 40.5 Å². The van der Waals surface area contributed by atoms with Crippen LogP contribution in [0.15, 0.2) is 47.0 Å². The molecule has 4 rings (SSSR count). The van der Waals surface area contributed by atoms with Crippen LogP contribution in [0.3, 0.4) is 0 Å². The molecule has 2 heterocycles. The Morgan fingerprint density at radius 2 is 1.86 bits per heavy atom. The lowest BCUT2D eigenvalue weighted by molar-refractivity contribution is -0.126. The van der Waals surface area contributed by atoms with E-state index in [0.29, 0.717) is 42.9 Å². The van der Waals surface area contributed by atoms with E-state index in [2.05, 4.69) is 26.4 Å². The van der Waals surface area contributed by atoms with E-state index in [0.717, 1.165) is 50.1 Å². The van der Waals surface area contributed by atoms with Gasteiger partial charge in [-0.2, -0.15) is 4.98 Å². The number of aryl methyl sites for hydroxylation is 1. The van der Waals surface area contributed by atoms with Crippen LogP contribution in [-0.4, -0.2) is 61.4 Å². The van der Waals surface area contributed by atoms with E-state index in [1.54, 1.807) is 14.2 Å². The summed E-state index contributed by atoms with van der Waals surface area (Å²) in [5.41, 5.74) is 1.98. The van der Waals surface area contributed by atoms with Gasteiger partial charge in [-0.3, -0.25) is 9.69 Å². The Labute approximate surface area is 218 Å². The van der Waals surface area contributed by atoms with E-state index in [1.165, 1.54) is 5.56 Å². The van der Waals surface area contributed by atoms with Crippen molar-refractivity contribution in [3.05, 3.63) is 53.9 Å². The van der Waals surface area contributed by atoms with Crippen molar-refractivity contribution in [2.24, 2.45) is 5.92 Å². The van der Waals surface area contributed by atoms with E-state index < -0.39 is 0 Å². The Hall–Kier alpha value is -3.59. The van der Waals surface area contributed by atoms with Gasteiger partial charge in [0.1, 0.15) is 5.75 Å². The Bertz CT molecular complexity index is 1160. The molecule has 1 N–H and O–H groups in total. The van der Waals surface area contributed by atoms with Gasteiger partial charge < -0.3 is 24.1 Å². The first kappa shape index (κ1) is 26.5. The zero-order chi connectivity index (χ0) is 26.0. The number of hydrogen-bond donors (Lipinski definition) is 1. The van der Waals surface area contributed by atoms with Crippen LogP contribution in [-0.2, 0) is 17.8 Å². The van der Waals surface area contributed by atoms with E-state index in [-0.39, 0.29) is 11.8 Å². The molecule has 37 heavy (non-hydrogen) atoms. The summed E-state index contributed by atoms with van der Waals surface area (Å²) in [7, 11) is 3.19. The highest BCUT2D eigenvalue weighted by atomic mass is 16.5. The van der Waals surface area contributed by atoms with Crippen LogP contribution in [0.5, 0.6) is 17.2 Å². The molecule has 3 aromatic rings. The van der Waals surface area contributed by atoms with E-state index in [9.17, 15) is 4.79 Å². The van der Waals surface area contributed by atoms with Gasteiger partial charge in [-0.25, -0.2) is 0 Å². The molecule has 1 fully saturated rings. The van der Waals surface area contributed by atoms with Crippen molar-refractivity contribution in [1.29, 1.82) is 0 Å². The monoisotopic (exact) mass is 508 g/mol. The van der Waals surface area contributed by atoms with Gasteiger partial charge in [0.25, 0.3) is 0 Å². The summed E-state index contributed by atoms with van der Waals surface area (Å²) in [6, 6.07) is 13.6. The van der Waals surface area contributed by atoms with Crippen LogP contribution < -0.4 is 19.5 Å². The predicted molar refractivity (Wildman–Crippen MR) is 140 cm³/mol. The zero-order valence-electron chi connectivity index (χ0n) is 21.9. The second kappa shape index (κ2) is 13.1. The molecule has 0 unspecified atom stereocenters. The number of rotatable bonds is 12. The SMILES string of the molecule is CCOc1ccccc1CCCNC(=O)C1CCN(Cc2nc(-c3ccc(OC)c(OC)c3)no2)CC1. The molecule has 2 aromatic carbocycles. The number of hydrogen-bond acceptors (Lipinski definition) is 8. The Kier molecular flexibility index (Phi) is 9.37. The molecule has 1 aromatic heterocycles. The van der Waals surface area contributed by atoms with Crippen LogP contribution in [0, 0.1) is 5.92 Å². The first-order chi connectivity index (χ1) is 18.1. The minimum absolute atomic E-state index is 0.0389. The quantitative estimate of drug-likeness (QED) is 0.365. The number of amides is 1. The number of carbonyl (C=O) groups is 1. The highest BCUT2D eigenvalue weighted by Gasteiger charge is 2.26. The number of carbonyl (C=O) groups excluding carboxylic acids is 1. The summed E-state index contributed by atoms with van der Waals surface area (Å²) in [6.07, 6.45) is 3.39. The molecule has 1 saturated heterocycles. The molecular weight excluding hydrogens is 472 g/mol. The third-order valence-electron chi connectivity index (χ3n) is 6.62. The molecule has 0 saturated carbocycles. The maximum atomic E-state index is 12.7. The van der Waals surface area contributed by atoms with Crippen molar-refractivity contribution < 1.29 is 23.5 Å². The minimum atomic E-state index is 0.0389. The molecule has 1 amide bonds. The number of ether oxygens (including phenoxy) is 3. The lowest BCUT2D eigenvalue weighted by Crippen LogP contribution is -2.40. The fraction of sp³-hybridized carbons (Fsp3) is 0.464. The number of methoxy groups -OCH3 is 2. The standard InChI is InChI=1S/C28H36N4O5/c1-4-36-23-10-6-5-8-20(23)9-7-15-29-28(33)21-13-16-32(17-14-21)19-26-30-27(31-37-26)22-11-12-24(34-2)25(18-22)35-3/h5-6,8,10-12,18,21H,4,7,9,13-17,19H2,1-3H3,(H,29,33). The number of nitrogens with one attached hydrogen (secondary N) is 1. The van der Waals surface area contributed by atoms with Crippen molar-refractivity contribution >= 4 is 5.91 Å². The third kappa shape index (κ3) is 7.01. The second-order valence-corrected chi connectivity index (χ2v) is 9.07. The van der Waals surface area contributed by atoms with Gasteiger partial charge in [-0.05, 0) is 75.5 Å². The van der Waals surface area contributed by atoms with Gasteiger partial charge in [0, 0.05) is 18.0 Å². The van der Waals surface area contributed by atoms with Crippen LogP contribution in [0.2, 0.25) is 0 Å². The fourth-order valence-corrected chi connectivity index (χ4v) is 4.60. The highest BCUT2D eigenvalue weighted by Crippen LogP contribution is 2.31. The zero-order valence-corrected chi connectivity index (χ0v) is 21.9. The molecule has 1 aliphatic heterocycles. The molecule has 0 aliphatic carbocycles. The Balaban J connectivity index is 1.20. The maximum absolute atomic E-state index is 12.7. The summed E-state index contributed by atoms with van der Waals surface area (Å²) in [6.45, 7) is 5.50. The van der Waals surface area contributed by atoms with Gasteiger partial charge in [-0.15, -0.1) is 0 Å². The number of aromatic nitrogens is 2. The van der Waals surface area contributed by atoms with Crippen LogP contribution in [0.4, 0.5) is 0 Å². The summed E-state index contributed by atoms with van der Waals surface area (Å²) in [5, 5.41) is 7.24. The Morgan fingerprint density at radius 1 is 1.08 bits per heavy atom. The third-order valence-corrected chi connectivity index (χ3v) is 6.62. The van der Waals surface area contributed by atoms with Gasteiger partial charge in [-0.1, -0.05) is 23.4 Å². The highest BCUT2D eigenvalue weighted by molar-refractivity contribution is 5.78. The average molecular weight is 509 g/mol. The van der Waals surface area contributed by atoms with E-state index in [1.807, 2.05) is 43.3 Å². The van der Waals surface area contributed by atoms with E-state index in [4.69, 9.17) is 18.7 Å². The molecule has 198 valence electrons. The number of likely N-dealkylation sites (tertiary alicyclic amines) is 1. The van der Waals surface area contributed by atoms with Gasteiger partial charge >= 0.3 is 0 Å². The molecule has 0 spiro atoms. The molecule has 9 nitrogen and oxygen atoms in total. The summed E-state index contributed by atoms with van der Waals surface area (Å²) in [5.74, 6) is 3.44. The molecule has 0 bridgehead atoms. The van der Waals surface area contributed by atoms with Crippen LogP contribution in [0.25, 0.3) is 11.4 Å².